The highest BCUT2D eigenvalue weighted by Gasteiger charge is 2.40. The quantitative estimate of drug-likeness (QED) is 0.732. The van der Waals surface area contributed by atoms with E-state index >= 15 is 0 Å². The van der Waals surface area contributed by atoms with E-state index in [2.05, 4.69) is 6.92 Å². The van der Waals surface area contributed by atoms with E-state index < -0.39 is 5.60 Å². The maximum absolute atomic E-state index is 11.4. The van der Waals surface area contributed by atoms with Crippen LogP contribution in [0.15, 0.2) is 0 Å². The second kappa shape index (κ2) is 4.97. The smallest absolute Gasteiger partial charge is 0.308 e. The Balaban J connectivity index is 2.54. The summed E-state index contributed by atoms with van der Waals surface area (Å²) in [6, 6.07) is 0. The number of hydrogen-bond acceptors (Lipinski definition) is 3. The molecule has 88 valence electrons. The van der Waals surface area contributed by atoms with E-state index in [4.69, 9.17) is 4.74 Å². The standard InChI is InChI=1S/C12H22O3/c1-4-15-11(13)8-12(14)6-5-9(2)7-10(12)3/h9-10,14H,4-8H2,1-3H3. The summed E-state index contributed by atoms with van der Waals surface area (Å²) in [5.41, 5.74) is -0.835. The third-order valence-electron chi connectivity index (χ3n) is 3.50. The molecule has 0 amide bonds. The molecule has 3 unspecified atom stereocenters. The number of carbonyl (C=O) groups excluding carboxylic acids is 1. The minimum absolute atomic E-state index is 0.148. The van der Waals surface area contributed by atoms with Crippen LogP contribution in [0.2, 0.25) is 0 Å². The molecule has 3 atom stereocenters. The van der Waals surface area contributed by atoms with Crippen LogP contribution in [0.5, 0.6) is 0 Å². The predicted octanol–water partition coefficient (Wildman–Crippen LogP) is 2.13. The Morgan fingerprint density at radius 3 is 2.73 bits per heavy atom. The van der Waals surface area contributed by atoms with Gasteiger partial charge in [0.15, 0.2) is 0 Å². The topological polar surface area (TPSA) is 46.5 Å². The third-order valence-corrected chi connectivity index (χ3v) is 3.50. The number of esters is 1. The Labute approximate surface area is 91.8 Å². The first-order valence-electron chi connectivity index (χ1n) is 5.86. The van der Waals surface area contributed by atoms with Gasteiger partial charge in [-0.1, -0.05) is 13.8 Å². The maximum Gasteiger partial charge on any atom is 0.308 e. The number of hydrogen-bond donors (Lipinski definition) is 1. The van der Waals surface area contributed by atoms with Crippen molar-refractivity contribution >= 4 is 5.97 Å². The molecular weight excluding hydrogens is 192 g/mol. The molecule has 0 radical (unpaired) electrons. The molecule has 1 aliphatic rings. The summed E-state index contributed by atoms with van der Waals surface area (Å²) in [4.78, 5) is 11.4. The van der Waals surface area contributed by atoms with E-state index in [1.54, 1.807) is 6.92 Å². The van der Waals surface area contributed by atoms with E-state index in [0.717, 1.165) is 12.8 Å². The lowest BCUT2D eigenvalue weighted by Gasteiger charge is -2.40. The molecule has 1 saturated carbocycles. The first kappa shape index (κ1) is 12.5. The molecular formula is C12H22O3. The van der Waals surface area contributed by atoms with Crippen molar-refractivity contribution in [2.45, 2.75) is 52.1 Å². The molecule has 0 aromatic heterocycles. The van der Waals surface area contributed by atoms with Gasteiger partial charge in [0.25, 0.3) is 0 Å². The first-order valence-corrected chi connectivity index (χ1v) is 5.86. The molecule has 3 nitrogen and oxygen atoms in total. The van der Waals surface area contributed by atoms with E-state index in [0.29, 0.717) is 18.9 Å². The van der Waals surface area contributed by atoms with Gasteiger partial charge in [-0.15, -0.1) is 0 Å². The molecule has 1 fully saturated rings. The highest BCUT2D eigenvalue weighted by atomic mass is 16.5. The minimum Gasteiger partial charge on any atom is -0.466 e. The van der Waals surface area contributed by atoms with Crippen molar-refractivity contribution < 1.29 is 14.6 Å². The second-order valence-electron chi connectivity index (χ2n) is 4.87. The summed E-state index contributed by atoms with van der Waals surface area (Å²) in [5, 5.41) is 10.4. The van der Waals surface area contributed by atoms with E-state index in [1.165, 1.54) is 0 Å². The lowest BCUT2D eigenvalue weighted by molar-refractivity contribution is -0.153. The maximum atomic E-state index is 11.4. The highest BCUT2D eigenvalue weighted by molar-refractivity contribution is 5.70. The van der Waals surface area contributed by atoms with Gasteiger partial charge in [-0.25, -0.2) is 0 Å². The van der Waals surface area contributed by atoms with E-state index in [9.17, 15) is 9.90 Å². The molecule has 1 N–H and O–H groups in total. The third kappa shape index (κ3) is 3.20. The van der Waals surface area contributed by atoms with Crippen molar-refractivity contribution in [3.8, 4) is 0 Å². The van der Waals surface area contributed by atoms with Crippen LogP contribution < -0.4 is 0 Å². The number of aliphatic hydroxyl groups is 1. The SMILES string of the molecule is CCOC(=O)CC1(O)CCC(C)CC1C. The normalized spacial score (nSPS) is 36.3. The average molecular weight is 214 g/mol. The Morgan fingerprint density at radius 1 is 1.53 bits per heavy atom. The molecule has 0 aromatic carbocycles. The highest BCUT2D eigenvalue weighted by Crippen LogP contribution is 2.38. The Hall–Kier alpha value is -0.570. The van der Waals surface area contributed by atoms with Gasteiger partial charge in [-0.05, 0) is 38.0 Å². The monoisotopic (exact) mass is 214 g/mol. The number of rotatable bonds is 3. The lowest BCUT2D eigenvalue weighted by Crippen LogP contribution is -2.43. The van der Waals surface area contributed by atoms with Crippen molar-refractivity contribution in [1.82, 2.24) is 0 Å². The average Bonchev–Trinajstić information content (AvgIpc) is 2.13. The van der Waals surface area contributed by atoms with Crippen molar-refractivity contribution in [3.63, 3.8) is 0 Å². The zero-order chi connectivity index (χ0) is 11.5. The van der Waals surface area contributed by atoms with Crippen LogP contribution in [-0.2, 0) is 9.53 Å². The van der Waals surface area contributed by atoms with E-state index in [-0.39, 0.29) is 18.3 Å². The van der Waals surface area contributed by atoms with Gasteiger partial charge in [0.1, 0.15) is 0 Å². The van der Waals surface area contributed by atoms with Crippen LogP contribution in [0, 0.1) is 11.8 Å². The minimum atomic E-state index is -0.835. The number of ether oxygens (including phenoxy) is 1. The fourth-order valence-corrected chi connectivity index (χ4v) is 2.41. The first-order chi connectivity index (χ1) is 6.98. The summed E-state index contributed by atoms with van der Waals surface area (Å²) in [7, 11) is 0. The van der Waals surface area contributed by atoms with Gasteiger partial charge in [-0.3, -0.25) is 4.79 Å². The fourth-order valence-electron chi connectivity index (χ4n) is 2.41. The molecule has 0 spiro atoms. The predicted molar refractivity (Wildman–Crippen MR) is 58.4 cm³/mol. The molecule has 0 heterocycles. The molecule has 0 aliphatic heterocycles. The summed E-state index contributed by atoms with van der Waals surface area (Å²) < 4.78 is 4.89. The molecule has 1 rings (SSSR count). The van der Waals surface area contributed by atoms with Gasteiger partial charge >= 0.3 is 5.97 Å². The summed E-state index contributed by atoms with van der Waals surface area (Å²) in [6.45, 7) is 6.39. The number of carbonyl (C=O) groups is 1. The van der Waals surface area contributed by atoms with Crippen molar-refractivity contribution in [2.24, 2.45) is 11.8 Å². The van der Waals surface area contributed by atoms with Crippen LogP contribution in [-0.4, -0.2) is 23.3 Å². The van der Waals surface area contributed by atoms with E-state index in [1.807, 2.05) is 6.92 Å². The zero-order valence-electron chi connectivity index (χ0n) is 9.95. The Morgan fingerprint density at radius 2 is 2.20 bits per heavy atom. The summed E-state index contributed by atoms with van der Waals surface area (Å²) in [6.07, 6.45) is 2.86. The lowest BCUT2D eigenvalue weighted by atomic mass is 9.71. The van der Waals surface area contributed by atoms with Crippen LogP contribution >= 0.6 is 0 Å². The van der Waals surface area contributed by atoms with Gasteiger partial charge in [-0.2, -0.15) is 0 Å². The molecule has 1 aliphatic carbocycles. The molecule has 0 bridgehead atoms. The Kier molecular flexibility index (Phi) is 4.14. The molecule has 0 aromatic rings. The van der Waals surface area contributed by atoms with Crippen LogP contribution in [0.25, 0.3) is 0 Å². The van der Waals surface area contributed by atoms with Crippen LogP contribution in [0.1, 0.15) is 46.5 Å². The Bertz CT molecular complexity index is 227. The molecule has 15 heavy (non-hydrogen) atoms. The second-order valence-corrected chi connectivity index (χ2v) is 4.87. The van der Waals surface area contributed by atoms with Gasteiger partial charge in [0.2, 0.25) is 0 Å². The van der Waals surface area contributed by atoms with Crippen molar-refractivity contribution in [3.05, 3.63) is 0 Å². The molecule has 0 saturated heterocycles. The van der Waals surface area contributed by atoms with Gasteiger partial charge in [0.05, 0.1) is 18.6 Å². The largest absolute Gasteiger partial charge is 0.466 e. The van der Waals surface area contributed by atoms with Gasteiger partial charge < -0.3 is 9.84 Å². The van der Waals surface area contributed by atoms with Crippen molar-refractivity contribution in [2.75, 3.05) is 6.61 Å². The zero-order valence-corrected chi connectivity index (χ0v) is 9.95. The summed E-state index contributed by atoms with van der Waals surface area (Å²) >= 11 is 0. The fraction of sp³-hybridized carbons (Fsp3) is 0.917. The summed E-state index contributed by atoms with van der Waals surface area (Å²) in [5.74, 6) is 0.564. The van der Waals surface area contributed by atoms with Crippen LogP contribution in [0.4, 0.5) is 0 Å². The van der Waals surface area contributed by atoms with Gasteiger partial charge in [0, 0.05) is 0 Å². The van der Waals surface area contributed by atoms with Crippen LogP contribution in [0.3, 0.4) is 0 Å². The van der Waals surface area contributed by atoms with Crippen molar-refractivity contribution in [1.29, 1.82) is 0 Å². The molecule has 3 heteroatoms.